The van der Waals surface area contributed by atoms with Crippen LogP contribution in [-0.4, -0.2) is 38.2 Å². The zero-order valence-electron chi connectivity index (χ0n) is 17.4. The minimum Gasteiger partial charge on any atom is -0.494 e. The van der Waals surface area contributed by atoms with E-state index in [1.165, 1.54) is 5.56 Å². The smallest absolute Gasteiger partial charge is 0.289 e. The fourth-order valence-electron chi connectivity index (χ4n) is 3.70. The number of furan rings is 1. The molecule has 2 heterocycles. The number of ether oxygens (including phenoxy) is 3. The fourth-order valence-corrected chi connectivity index (χ4v) is 3.70. The highest BCUT2D eigenvalue weighted by molar-refractivity contribution is 5.92. The third-order valence-electron chi connectivity index (χ3n) is 5.27. The molecule has 1 amide bonds. The maximum atomic E-state index is 13.0. The van der Waals surface area contributed by atoms with E-state index in [1.54, 1.807) is 25.2 Å². The van der Waals surface area contributed by atoms with Crippen molar-refractivity contribution in [2.75, 3.05) is 27.4 Å². The van der Waals surface area contributed by atoms with Gasteiger partial charge in [0.2, 0.25) is 0 Å². The maximum Gasteiger partial charge on any atom is 0.289 e. The average molecular weight is 407 g/mol. The van der Waals surface area contributed by atoms with Crippen molar-refractivity contribution in [1.29, 1.82) is 0 Å². The van der Waals surface area contributed by atoms with Gasteiger partial charge in [0.15, 0.2) is 17.3 Å². The standard InChI is InChI=1S/C24H25NO5/c1-4-29-19-7-5-16(6-8-19)20-9-10-21(30-20)24(26)25-12-11-17-13-22(27-2)23(28-3)14-18(17)15-25/h5-10,13-14H,4,11-12,15H2,1-3H3. The average Bonchev–Trinajstić information content (AvgIpc) is 3.28. The number of hydrogen-bond donors (Lipinski definition) is 0. The Labute approximate surface area is 176 Å². The third kappa shape index (κ3) is 3.85. The molecule has 0 atom stereocenters. The molecule has 4 rings (SSSR count). The van der Waals surface area contributed by atoms with Crippen molar-refractivity contribution in [2.24, 2.45) is 0 Å². The molecule has 6 nitrogen and oxygen atoms in total. The van der Waals surface area contributed by atoms with E-state index >= 15 is 0 Å². The number of hydrogen-bond acceptors (Lipinski definition) is 5. The van der Waals surface area contributed by atoms with Crippen LogP contribution in [0.2, 0.25) is 0 Å². The molecular formula is C24H25NO5. The SMILES string of the molecule is CCOc1ccc(-c2ccc(C(=O)N3CCc4cc(OC)c(OC)cc4C3)o2)cc1. The van der Waals surface area contributed by atoms with E-state index < -0.39 is 0 Å². The third-order valence-corrected chi connectivity index (χ3v) is 5.27. The summed E-state index contributed by atoms with van der Waals surface area (Å²) < 4.78 is 22.1. The maximum absolute atomic E-state index is 13.0. The summed E-state index contributed by atoms with van der Waals surface area (Å²) in [6, 6.07) is 15.1. The second-order valence-corrected chi connectivity index (χ2v) is 7.07. The number of amides is 1. The Morgan fingerprint density at radius 3 is 2.37 bits per heavy atom. The molecule has 0 spiro atoms. The van der Waals surface area contributed by atoms with Crippen LogP contribution in [0.4, 0.5) is 0 Å². The summed E-state index contributed by atoms with van der Waals surface area (Å²) in [5.74, 6) is 3.06. The van der Waals surface area contributed by atoms with Gasteiger partial charge in [-0.25, -0.2) is 0 Å². The van der Waals surface area contributed by atoms with E-state index in [4.69, 9.17) is 18.6 Å². The molecule has 1 aliphatic heterocycles. The lowest BCUT2D eigenvalue weighted by Gasteiger charge is -2.29. The Hall–Kier alpha value is -3.41. The van der Waals surface area contributed by atoms with Crippen LogP contribution < -0.4 is 14.2 Å². The lowest BCUT2D eigenvalue weighted by atomic mass is 9.98. The van der Waals surface area contributed by atoms with Crippen molar-refractivity contribution < 1.29 is 23.4 Å². The van der Waals surface area contributed by atoms with Gasteiger partial charge in [-0.05, 0) is 73.0 Å². The molecule has 1 aliphatic rings. The van der Waals surface area contributed by atoms with Crippen LogP contribution in [-0.2, 0) is 13.0 Å². The van der Waals surface area contributed by atoms with E-state index in [2.05, 4.69) is 0 Å². The van der Waals surface area contributed by atoms with Crippen LogP contribution >= 0.6 is 0 Å². The van der Waals surface area contributed by atoms with Gasteiger partial charge in [0.25, 0.3) is 5.91 Å². The summed E-state index contributed by atoms with van der Waals surface area (Å²) in [5.41, 5.74) is 3.13. The van der Waals surface area contributed by atoms with Crippen LogP contribution in [0.25, 0.3) is 11.3 Å². The fraction of sp³-hybridized carbons (Fsp3) is 0.292. The largest absolute Gasteiger partial charge is 0.494 e. The van der Waals surface area contributed by atoms with Gasteiger partial charge in [-0.15, -0.1) is 0 Å². The number of nitrogens with zero attached hydrogens (tertiary/aromatic N) is 1. The van der Waals surface area contributed by atoms with Crippen molar-refractivity contribution in [2.45, 2.75) is 19.9 Å². The monoisotopic (exact) mass is 407 g/mol. The summed E-state index contributed by atoms with van der Waals surface area (Å²) in [4.78, 5) is 14.8. The van der Waals surface area contributed by atoms with Gasteiger partial charge in [0.1, 0.15) is 11.5 Å². The Morgan fingerprint density at radius 1 is 1.00 bits per heavy atom. The Balaban J connectivity index is 1.51. The van der Waals surface area contributed by atoms with Crippen LogP contribution in [0.1, 0.15) is 28.6 Å². The molecule has 6 heteroatoms. The molecule has 0 fully saturated rings. The summed E-state index contributed by atoms with van der Waals surface area (Å²) in [6.45, 7) is 3.70. The van der Waals surface area contributed by atoms with Gasteiger partial charge < -0.3 is 23.5 Å². The van der Waals surface area contributed by atoms with Crippen LogP contribution in [0.15, 0.2) is 52.9 Å². The van der Waals surface area contributed by atoms with Crippen molar-refractivity contribution in [1.82, 2.24) is 4.90 Å². The van der Waals surface area contributed by atoms with Gasteiger partial charge in [0, 0.05) is 18.7 Å². The van der Waals surface area contributed by atoms with E-state index in [0.717, 1.165) is 23.3 Å². The van der Waals surface area contributed by atoms with E-state index in [9.17, 15) is 4.79 Å². The highest BCUT2D eigenvalue weighted by Gasteiger charge is 2.25. The van der Waals surface area contributed by atoms with Gasteiger partial charge in [-0.1, -0.05) is 0 Å². The van der Waals surface area contributed by atoms with Crippen LogP contribution in [0.3, 0.4) is 0 Å². The molecule has 0 unspecified atom stereocenters. The summed E-state index contributed by atoms with van der Waals surface area (Å²) in [6.07, 6.45) is 0.758. The molecule has 0 radical (unpaired) electrons. The molecule has 0 bridgehead atoms. The first-order valence-corrected chi connectivity index (χ1v) is 9.99. The zero-order valence-corrected chi connectivity index (χ0v) is 17.4. The first-order chi connectivity index (χ1) is 14.6. The molecule has 2 aromatic carbocycles. The van der Waals surface area contributed by atoms with Gasteiger partial charge in [0.05, 0.1) is 20.8 Å². The van der Waals surface area contributed by atoms with E-state index in [1.807, 2.05) is 49.4 Å². The van der Waals surface area contributed by atoms with E-state index in [0.29, 0.717) is 42.7 Å². The molecule has 3 aromatic rings. The number of rotatable bonds is 6. The highest BCUT2D eigenvalue weighted by Crippen LogP contribution is 2.34. The second kappa shape index (κ2) is 8.53. The van der Waals surface area contributed by atoms with Gasteiger partial charge in [-0.3, -0.25) is 4.79 Å². The Bertz CT molecular complexity index is 1040. The molecule has 156 valence electrons. The molecule has 0 saturated heterocycles. The zero-order chi connectivity index (χ0) is 21.1. The topological polar surface area (TPSA) is 61.1 Å². The van der Waals surface area contributed by atoms with Crippen molar-refractivity contribution in [3.8, 4) is 28.6 Å². The molecule has 30 heavy (non-hydrogen) atoms. The number of methoxy groups -OCH3 is 2. The molecular weight excluding hydrogens is 382 g/mol. The van der Waals surface area contributed by atoms with E-state index in [-0.39, 0.29) is 5.91 Å². The molecule has 1 aromatic heterocycles. The normalized spacial score (nSPS) is 13.0. The molecule has 0 saturated carbocycles. The molecule has 0 N–H and O–H groups in total. The first-order valence-electron chi connectivity index (χ1n) is 9.99. The van der Waals surface area contributed by atoms with Crippen molar-refractivity contribution >= 4 is 5.91 Å². The minimum absolute atomic E-state index is 0.118. The van der Waals surface area contributed by atoms with Crippen LogP contribution in [0.5, 0.6) is 17.2 Å². The predicted molar refractivity (Wildman–Crippen MR) is 113 cm³/mol. The number of fused-ring (bicyclic) bond motifs is 1. The first kappa shape index (κ1) is 19.9. The molecule has 0 aliphatic carbocycles. The van der Waals surface area contributed by atoms with Crippen LogP contribution in [0, 0.1) is 0 Å². The number of carbonyl (C=O) groups is 1. The summed E-state index contributed by atoms with van der Waals surface area (Å²) in [5, 5.41) is 0. The van der Waals surface area contributed by atoms with Crippen molar-refractivity contribution in [3.05, 3.63) is 65.4 Å². The number of carbonyl (C=O) groups excluding carboxylic acids is 1. The minimum atomic E-state index is -0.118. The summed E-state index contributed by atoms with van der Waals surface area (Å²) in [7, 11) is 3.24. The summed E-state index contributed by atoms with van der Waals surface area (Å²) >= 11 is 0. The van der Waals surface area contributed by atoms with Gasteiger partial charge in [-0.2, -0.15) is 0 Å². The predicted octanol–water partition coefficient (Wildman–Crippen LogP) is 4.56. The highest BCUT2D eigenvalue weighted by atomic mass is 16.5. The Morgan fingerprint density at radius 2 is 1.70 bits per heavy atom. The number of benzene rings is 2. The van der Waals surface area contributed by atoms with Crippen molar-refractivity contribution in [3.63, 3.8) is 0 Å². The lowest BCUT2D eigenvalue weighted by Crippen LogP contribution is -2.35. The van der Waals surface area contributed by atoms with Gasteiger partial charge >= 0.3 is 0 Å². The quantitative estimate of drug-likeness (QED) is 0.599. The Kier molecular flexibility index (Phi) is 5.65. The second-order valence-electron chi connectivity index (χ2n) is 7.07. The lowest BCUT2D eigenvalue weighted by molar-refractivity contribution is 0.0703.